The summed E-state index contributed by atoms with van der Waals surface area (Å²) in [6, 6.07) is 1.86. The molecule has 0 aromatic carbocycles. The largest absolute Gasteiger partial charge is 0.337 e. The monoisotopic (exact) mass is 250 g/mol. The van der Waals surface area contributed by atoms with Gasteiger partial charge >= 0.3 is 0 Å². The van der Waals surface area contributed by atoms with E-state index in [0.29, 0.717) is 18.2 Å². The predicted molar refractivity (Wildman–Crippen MR) is 70.2 cm³/mol. The van der Waals surface area contributed by atoms with E-state index in [2.05, 4.69) is 5.10 Å². The van der Waals surface area contributed by atoms with Crippen molar-refractivity contribution in [1.82, 2.24) is 14.7 Å². The first-order chi connectivity index (χ1) is 8.61. The van der Waals surface area contributed by atoms with E-state index < -0.39 is 0 Å². The smallest absolute Gasteiger partial charge is 0.274 e. The Bertz CT molecular complexity index is 405. The van der Waals surface area contributed by atoms with Crippen LogP contribution in [0.4, 0.5) is 0 Å². The van der Waals surface area contributed by atoms with Crippen LogP contribution in [0.15, 0.2) is 6.07 Å². The standard InChI is InChI=1S/C13H22N4O/c1-10-8-12(15-16(10)2)13(18)17-7-3-4-11(9-17)5-6-14/h8,11H,3-7,9,14H2,1-2H3. The van der Waals surface area contributed by atoms with Crippen molar-refractivity contribution in [3.05, 3.63) is 17.5 Å². The first-order valence-corrected chi connectivity index (χ1v) is 6.61. The van der Waals surface area contributed by atoms with E-state index >= 15 is 0 Å². The van der Waals surface area contributed by atoms with E-state index in [1.165, 1.54) is 6.42 Å². The number of rotatable bonds is 3. The summed E-state index contributed by atoms with van der Waals surface area (Å²) in [6.07, 6.45) is 3.26. The maximum Gasteiger partial charge on any atom is 0.274 e. The van der Waals surface area contributed by atoms with Crippen LogP contribution in [0.3, 0.4) is 0 Å². The number of amides is 1. The van der Waals surface area contributed by atoms with Crippen LogP contribution in [0.5, 0.6) is 0 Å². The van der Waals surface area contributed by atoms with Crippen molar-refractivity contribution >= 4 is 5.91 Å². The van der Waals surface area contributed by atoms with Crippen LogP contribution in [-0.2, 0) is 7.05 Å². The summed E-state index contributed by atoms with van der Waals surface area (Å²) in [5, 5.41) is 4.26. The minimum atomic E-state index is 0.0559. The van der Waals surface area contributed by atoms with E-state index in [4.69, 9.17) is 5.73 Å². The second-order valence-electron chi connectivity index (χ2n) is 5.13. The number of aromatic nitrogens is 2. The van der Waals surface area contributed by atoms with Crippen molar-refractivity contribution in [3.63, 3.8) is 0 Å². The molecule has 1 atom stereocenters. The fourth-order valence-electron chi connectivity index (χ4n) is 2.55. The lowest BCUT2D eigenvalue weighted by atomic mass is 9.94. The number of hydrogen-bond acceptors (Lipinski definition) is 3. The van der Waals surface area contributed by atoms with Crippen LogP contribution >= 0.6 is 0 Å². The minimum Gasteiger partial charge on any atom is -0.337 e. The average Bonchev–Trinajstić information content (AvgIpc) is 2.69. The first-order valence-electron chi connectivity index (χ1n) is 6.61. The van der Waals surface area contributed by atoms with E-state index in [0.717, 1.165) is 31.6 Å². The molecule has 1 fully saturated rings. The molecule has 2 N–H and O–H groups in total. The Kier molecular flexibility index (Phi) is 4.01. The number of carbonyl (C=O) groups excluding carboxylic acids is 1. The quantitative estimate of drug-likeness (QED) is 0.868. The zero-order valence-corrected chi connectivity index (χ0v) is 11.2. The highest BCUT2D eigenvalue weighted by Crippen LogP contribution is 2.20. The Labute approximate surface area is 108 Å². The normalized spacial score (nSPS) is 20.2. The highest BCUT2D eigenvalue weighted by Gasteiger charge is 2.25. The number of piperidine rings is 1. The lowest BCUT2D eigenvalue weighted by molar-refractivity contribution is 0.0663. The van der Waals surface area contributed by atoms with Gasteiger partial charge in [0.15, 0.2) is 5.69 Å². The van der Waals surface area contributed by atoms with Gasteiger partial charge in [0, 0.05) is 25.8 Å². The van der Waals surface area contributed by atoms with Gasteiger partial charge in [0.2, 0.25) is 0 Å². The van der Waals surface area contributed by atoms with Gasteiger partial charge in [-0.2, -0.15) is 5.10 Å². The summed E-state index contributed by atoms with van der Waals surface area (Å²) in [7, 11) is 1.86. The molecule has 1 aromatic heterocycles. The SMILES string of the molecule is Cc1cc(C(=O)N2CCCC(CCN)C2)nn1C. The molecule has 0 radical (unpaired) electrons. The number of aryl methyl sites for hydroxylation is 2. The molecule has 1 amide bonds. The van der Waals surface area contributed by atoms with E-state index in [9.17, 15) is 4.79 Å². The summed E-state index contributed by atoms with van der Waals surface area (Å²) in [4.78, 5) is 14.3. The maximum absolute atomic E-state index is 12.3. The van der Waals surface area contributed by atoms with Crippen molar-refractivity contribution in [2.75, 3.05) is 19.6 Å². The lowest BCUT2D eigenvalue weighted by Crippen LogP contribution is -2.40. The maximum atomic E-state index is 12.3. The van der Waals surface area contributed by atoms with E-state index in [1.54, 1.807) is 4.68 Å². The van der Waals surface area contributed by atoms with Gasteiger partial charge in [0.05, 0.1) is 0 Å². The molecule has 0 aliphatic carbocycles. The van der Waals surface area contributed by atoms with Crippen molar-refractivity contribution in [2.45, 2.75) is 26.2 Å². The van der Waals surface area contributed by atoms with Crippen molar-refractivity contribution in [1.29, 1.82) is 0 Å². The zero-order chi connectivity index (χ0) is 13.1. The molecular weight excluding hydrogens is 228 g/mol. The molecule has 0 saturated carbocycles. The third-order valence-electron chi connectivity index (χ3n) is 3.71. The second kappa shape index (κ2) is 5.52. The number of nitrogens with zero attached hydrogens (tertiary/aromatic N) is 3. The third-order valence-corrected chi connectivity index (χ3v) is 3.71. The molecule has 1 aliphatic rings. The van der Waals surface area contributed by atoms with Gasteiger partial charge in [-0.1, -0.05) is 0 Å². The molecular formula is C13H22N4O. The highest BCUT2D eigenvalue weighted by atomic mass is 16.2. The first kappa shape index (κ1) is 13.1. The molecule has 2 heterocycles. The molecule has 1 aromatic rings. The van der Waals surface area contributed by atoms with Gasteiger partial charge in [-0.15, -0.1) is 0 Å². The molecule has 5 heteroatoms. The summed E-state index contributed by atoms with van der Waals surface area (Å²) in [6.45, 7) is 4.33. The molecule has 5 nitrogen and oxygen atoms in total. The Hall–Kier alpha value is -1.36. The molecule has 1 aliphatic heterocycles. The van der Waals surface area contributed by atoms with E-state index in [-0.39, 0.29) is 5.91 Å². The number of nitrogens with two attached hydrogens (primary N) is 1. The Morgan fingerprint density at radius 3 is 3.00 bits per heavy atom. The van der Waals surface area contributed by atoms with Crippen LogP contribution in [0.2, 0.25) is 0 Å². The molecule has 100 valence electrons. The lowest BCUT2D eigenvalue weighted by Gasteiger charge is -2.32. The van der Waals surface area contributed by atoms with Crippen molar-refractivity contribution < 1.29 is 4.79 Å². The summed E-state index contributed by atoms with van der Waals surface area (Å²) >= 11 is 0. The van der Waals surface area contributed by atoms with Crippen molar-refractivity contribution in [2.24, 2.45) is 18.7 Å². The topological polar surface area (TPSA) is 64.2 Å². The molecule has 1 unspecified atom stereocenters. The Morgan fingerprint density at radius 1 is 1.61 bits per heavy atom. The zero-order valence-electron chi connectivity index (χ0n) is 11.2. The summed E-state index contributed by atoms with van der Waals surface area (Å²) in [5.74, 6) is 0.609. The van der Waals surface area contributed by atoms with Crippen LogP contribution in [0.1, 0.15) is 35.4 Å². The predicted octanol–water partition coefficient (Wildman–Crippen LogP) is 0.930. The summed E-state index contributed by atoms with van der Waals surface area (Å²) < 4.78 is 1.74. The van der Waals surface area contributed by atoms with E-state index in [1.807, 2.05) is 24.9 Å². The van der Waals surface area contributed by atoms with Gasteiger partial charge in [0.25, 0.3) is 5.91 Å². The van der Waals surface area contributed by atoms with Gasteiger partial charge in [-0.25, -0.2) is 0 Å². The Morgan fingerprint density at radius 2 is 2.39 bits per heavy atom. The van der Waals surface area contributed by atoms with Crippen LogP contribution in [0.25, 0.3) is 0 Å². The number of hydrogen-bond donors (Lipinski definition) is 1. The third kappa shape index (κ3) is 2.72. The molecule has 0 spiro atoms. The van der Waals surface area contributed by atoms with Crippen LogP contribution in [0, 0.1) is 12.8 Å². The molecule has 2 rings (SSSR count). The summed E-state index contributed by atoms with van der Waals surface area (Å²) in [5.41, 5.74) is 7.16. The van der Waals surface area contributed by atoms with Crippen molar-refractivity contribution in [3.8, 4) is 0 Å². The van der Waals surface area contributed by atoms with Gasteiger partial charge in [0.1, 0.15) is 0 Å². The fourth-order valence-corrected chi connectivity index (χ4v) is 2.55. The minimum absolute atomic E-state index is 0.0559. The highest BCUT2D eigenvalue weighted by molar-refractivity contribution is 5.92. The van der Waals surface area contributed by atoms with Gasteiger partial charge in [-0.05, 0) is 44.7 Å². The Balaban J connectivity index is 2.04. The van der Waals surface area contributed by atoms with Gasteiger partial charge in [-0.3, -0.25) is 9.48 Å². The second-order valence-corrected chi connectivity index (χ2v) is 5.13. The molecule has 1 saturated heterocycles. The van der Waals surface area contributed by atoms with Crippen LogP contribution in [-0.4, -0.2) is 40.2 Å². The van der Waals surface area contributed by atoms with Crippen LogP contribution < -0.4 is 5.73 Å². The number of likely N-dealkylation sites (tertiary alicyclic amines) is 1. The molecule has 18 heavy (non-hydrogen) atoms. The number of carbonyl (C=O) groups is 1. The van der Waals surface area contributed by atoms with Gasteiger partial charge < -0.3 is 10.6 Å². The molecule has 0 bridgehead atoms. The fraction of sp³-hybridized carbons (Fsp3) is 0.692. The average molecular weight is 250 g/mol.